The molecule has 0 saturated carbocycles. The van der Waals surface area contributed by atoms with Crippen LogP contribution in [0.4, 0.5) is 5.69 Å². The van der Waals surface area contributed by atoms with Crippen LogP contribution in [0.2, 0.25) is 10.0 Å². The van der Waals surface area contributed by atoms with Crippen molar-refractivity contribution < 1.29 is 18.0 Å². The molecule has 0 aliphatic heterocycles. The van der Waals surface area contributed by atoms with E-state index in [0.29, 0.717) is 10.6 Å². The molecule has 0 aliphatic rings. The minimum absolute atomic E-state index is 0.00626. The summed E-state index contributed by atoms with van der Waals surface area (Å²) < 4.78 is 26.6. The normalized spacial score (nSPS) is 12.5. The second kappa shape index (κ2) is 12.9. The second-order valence-corrected chi connectivity index (χ2v) is 13.0. The molecule has 0 radical (unpaired) electrons. The van der Waals surface area contributed by atoms with Crippen LogP contribution in [0.3, 0.4) is 0 Å². The Bertz CT molecular complexity index is 1410. The summed E-state index contributed by atoms with van der Waals surface area (Å²) in [6.45, 7) is 5.00. The summed E-state index contributed by atoms with van der Waals surface area (Å²) in [5.41, 5.74) is 1.07. The lowest BCUT2D eigenvalue weighted by Gasteiger charge is -2.35. The number of nitrogens with one attached hydrogen (secondary N) is 1. The minimum Gasteiger partial charge on any atom is -0.350 e. The van der Waals surface area contributed by atoms with Crippen LogP contribution in [-0.4, -0.2) is 49.5 Å². The Labute approximate surface area is 240 Å². The Morgan fingerprint density at radius 3 is 2.00 bits per heavy atom. The van der Waals surface area contributed by atoms with E-state index in [1.807, 2.05) is 51.1 Å². The van der Waals surface area contributed by atoms with Gasteiger partial charge in [-0.2, -0.15) is 0 Å². The number of amides is 2. The number of hydrogen-bond donors (Lipinski definition) is 1. The topological polar surface area (TPSA) is 86.8 Å². The molecule has 7 nitrogen and oxygen atoms in total. The van der Waals surface area contributed by atoms with Gasteiger partial charge in [0.25, 0.3) is 0 Å². The van der Waals surface area contributed by atoms with Crippen molar-refractivity contribution in [1.82, 2.24) is 10.2 Å². The van der Waals surface area contributed by atoms with Crippen molar-refractivity contribution >= 4 is 50.7 Å². The fourth-order valence-corrected chi connectivity index (χ4v) is 5.41. The van der Waals surface area contributed by atoms with Crippen LogP contribution in [0.5, 0.6) is 0 Å². The predicted octanol–water partition coefficient (Wildman–Crippen LogP) is 5.31. The first kappa shape index (κ1) is 30.5. The third kappa shape index (κ3) is 8.71. The van der Waals surface area contributed by atoms with E-state index in [-0.39, 0.29) is 29.6 Å². The quantitative estimate of drug-likeness (QED) is 0.347. The first-order valence-corrected chi connectivity index (χ1v) is 15.0. The average Bonchev–Trinajstić information content (AvgIpc) is 2.85. The number of nitrogens with zero attached hydrogens (tertiary/aromatic N) is 2. The summed E-state index contributed by atoms with van der Waals surface area (Å²) in [6, 6.07) is 21.8. The maximum atomic E-state index is 14.1. The van der Waals surface area contributed by atoms with Gasteiger partial charge in [0.15, 0.2) is 0 Å². The molecule has 208 valence electrons. The Morgan fingerprint density at radius 1 is 0.872 bits per heavy atom. The van der Waals surface area contributed by atoms with E-state index in [1.54, 1.807) is 42.5 Å². The Kier molecular flexibility index (Phi) is 10.0. The van der Waals surface area contributed by atoms with Crippen molar-refractivity contribution in [3.63, 3.8) is 0 Å². The zero-order valence-electron chi connectivity index (χ0n) is 22.4. The number of para-hydroxylation sites is 1. The summed E-state index contributed by atoms with van der Waals surface area (Å²) in [7, 11) is -3.91. The van der Waals surface area contributed by atoms with E-state index in [0.717, 1.165) is 16.1 Å². The predicted molar refractivity (Wildman–Crippen MR) is 157 cm³/mol. The molecule has 0 bridgehead atoms. The molecule has 0 aromatic heterocycles. The standard InChI is InChI=1S/C29H33Cl2N3O4S/c1-29(2,3)32-28(36)26(18-21-12-6-5-7-13-21)33(19-22-14-8-9-15-23(22)30)27(35)20-34(39(4,37)38)25-17-11-10-16-24(25)31/h5-17,26H,18-20H2,1-4H3,(H,32,36)/t26-/m0/s1. The van der Waals surface area contributed by atoms with Crippen LogP contribution in [0.15, 0.2) is 78.9 Å². The van der Waals surface area contributed by atoms with E-state index in [1.165, 1.54) is 11.0 Å². The van der Waals surface area contributed by atoms with Crippen LogP contribution in [0.1, 0.15) is 31.9 Å². The first-order chi connectivity index (χ1) is 18.3. The smallest absolute Gasteiger partial charge is 0.244 e. The van der Waals surface area contributed by atoms with Gasteiger partial charge in [0.05, 0.1) is 17.0 Å². The summed E-state index contributed by atoms with van der Waals surface area (Å²) in [6.07, 6.45) is 1.22. The van der Waals surface area contributed by atoms with Crippen LogP contribution in [-0.2, 0) is 32.6 Å². The molecule has 0 aliphatic carbocycles. The molecule has 0 spiro atoms. The summed E-state index contributed by atoms with van der Waals surface area (Å²) >= 11 is 12.8. The van der Waals surface area contributed by atoms with Gasteiger partial charge in [0, 0.05) is 23.5 Å². The maximum absolute atomic E-state index is 14.1. The third-order valence-corrected chi connectivity index (χ3v) is 7.68. The van der Waals surface area contributed by atoms with Crippen molar-refractivity contribution in [2.75, 3.05) is 17.1 Å². The van der Waals surface area contributed by atoms with Gasteiger partial charge >= 0.3 is 0 Å². The molecule has 1 atom stereocenters. The monoisotopic (exact) mass is 589 g/mol. The minimum atomic E-state index is -3.91. The van der Waals surface area contributed by atoms with Crippen molar-refractivity contribution in [3.05, 3.63) is 100 Å². The number of hydrogen-bond acceptors (Lipinski definition) is 4. The molecule has 10 heteroatoms. The molecule has 0 unspecified atom stereocenters. The summed E-state index contributed by atoms with van der Waals surface area (Å²) in [5.74, 6) is -0.944. The SMILES string of the molecule is CC(C)(C)NC(=O)[C@H](Cc1ccccc1)N(Cc1ccccc1Cl)C(=O)CN(c1ccccc1Cl)S(C)(=O)=O. The van der Waals surface area contributed by atoms with Gasteiger partial charge in [-0.05, 0) is 50.1 Å². The Morgan fingerprint density at radius 2 is 1.44 bits per heavy atom. The van der Waals surface area contributed by atoms with E-state index in [9.17, 15) is 18.0 Å². The molecule has 3 aromatic rings. The number of sulfonamides is 1. The molecular weight excluding hydrogens is 557 g/mol. The maximum Gasteiger partial charge on any atom is 0.244 e. The fraction of sp³-hybridized carbons (Fsp3) is 0.310. The van der Waals surface area contributed by atoms with Gasteiger partial charge in [-0.15, -0.1) is 0 Å². The highest BCUT2D eigenvalue weighted by atomic mass is 35.5. The summed E-state index contributed by atoms with van der Waals surface area (Å²) in [5, 5.41) is 3.59. The highest BCUT2D eigenvalue weighted by Gasteiger charge is 2.34. The van der Waals surface area contributed by atoms with Gasteiger partial charge in [0.2, 0.25) is 21.8 Å². The van der Waals surface area contributed by atoms with Crippen molar-refractivity contribution in [2.24, 2.45) is 0 Å². The number of halogens is 2. The van der Waals surface area contributed by atoms with Crippen molar-refractivity contribution in [3.8, 4) is 0 Å². The van der Waals surface area contributed by atoms with Crippen LogP contribution < -0.4 is 9.62 Å². The lowest BCUT2D eigenvalue weighted by atomic mass is 10.0. The zero-order chi connectivity index (χ0) is 28.8. The van der Waals surface area contributed by atoms with Crippen LogP contribution in [0.25, 0.3) is 0 Å². The second-order valence-electron chi connectivity index (χ2n) is 10.3. The zero-order valence-corrected chi connectivity index (χ0v) is 24.7. The molecular formula is C29H33Cl2N3O4S. The number of anilines is 1. The van der Waals surface area contributed by atoms with Gasteiger partial charge in [-0.3, -0.25) is 13.9 Å². The molecule has 3 rings (SSSR count). The molecule has 0 saturated heterocycles. The molecule has 2 amide bonds. The number of rotatable bonds is 10. The molecule has 1 N–H and O–H groups in total. The van der Waals surface area contributed by atoms with E-state index in [2.05, 4.69) is 5.32 Å². The van der Waals surface area contributed by atoms with Gasteiger partial charge in [0.1, 0.15) is 12.6 Å². The van der Waals surface area contributed by atoms with Gasteiger partial charge in [-0.25, -0.2) is 8.42 Å². The van der Waals surface area contributed by atoms with Gasteiger partial charge < -0.3 is 10.2 Å². The summed E-state index contributed by atoms with van der Waals surface area (Å²) in [4.78, 5) is 29.1. The lowest BCUT2D eigenvalue weighted by Crippen LogP contribution is -2.56. The highest BCUT2D eigenvalue weighted by Crippen LogP contribution is 2.28. The highest BCUT2D eigenvalue weighted by molar-refractivity contribution is 7.92. The fourth-order valence-electron chi connectivity index (χ4n) is 4.07. The third-order valence-electron chi connectivity index (χ3n) is 5.87. The Balaban J connectivity index is 2.10. The van der Waals surface area contributed by atoms with Gasteiger partial charge in [-0.1, -0.05) is 83.9 Å². The van der Waals surface area contributed by atoms with Crippen molar-refractivity contribution in [1.29, 1.82) is 0 Å². The lowest BCUT2D eigenvalue weighted by molar-refractivity contribution is -0.140. The molecule has 0 heterocycles. The van der Waals surface area contributed by atoms with Crippen LogP contribution in [0, 0.1) is 0 Å². The largest absolute Gasteiger partial charge is 0.350 e. The number of carbonyl (C=O) groups is 2. The van der Waals surface area contributed by atoms with E-state index >= 15 is 0 Å². The van der Waals surface area contributed by atoms with Crippen LogP contribution >= 0.6 is 23.2 Å². The first-order valence-electron chi connectivity index (χ1n) is 12.4. The molecule has 39 heavy (non-hydrogen) atoms. The Hall–Kier alpha value is -3.07. The number of benzene rings is 3. The van der Waals surface area contributed by atoms with E-state index in [4.69, 9.17) is 23.2 Å². The molecule has 3 aromatic carbocycles. The van der Waals surface area contributed by atoms with Crippen molar-refractivity contribution in [2.45, 2.75) is 45.3 Å². The molecule has 0 fully saturated rings. The average molecular weight is 591 g/mol. The van der Waals surface area contributed by atoms with E-state index < -0.39 is 34.1 Å². The number of carbonyl (C=O) groups excluding carboxylic acids is 2.